The summed E-state index contributed by atoms with van der Waals surface area (Å²) in [6.07, 6.45) is 0. The lowest BCUT2D eigenvalue weighted by Crippen LogP contribution is -2.18. The lowest BCUT2D eigenvalue weighted by atomic mass is 10.1. The van der Waals surface area contributed by atoms with Gasteiger partial charge in [-0.1, -0.05) is 30.3 Å². The first-order valence-electron chi connectivity index (χ1n) is 9.65. The molecule has 0 aliphatic carbocycles. The third-order valence-electron chi connectivity index (χ3n) is 4.64. The molecule has 0 radical (unpaired) electrons. The molecule has 0 spiro atoms. The number of amides is 1. The normalized spacial score (nSPS) is 10.5. The van der Waals surface area contributed by atoms with Crippen LogP contribution in [0.3, 0.4) is 0 Å². The number of halogens is 1. The lowest BCUT2D eigenvalue weighted by Gasteiger charge is -2.13. The second-order valence-corrected chi connectivity index (χ2v) is 6.78. The second kappa shape index (κ2) is 10.4. The van der Waals surface area contributed by atoms with E-state index in [4.69, 9.17) is 9.47 Å². The maximum Gasteiger partial charge on any atom is 0.251 e. The SMILES string of the molecule is CNC(=O)c1ccc(CNCc2ccc(OCc3ccc(F)cc3)c(OC)c2)cc1. The van der Waals surface area contributed by atoms with Crippen molar-refractivity contribution in [2.75, 3.05) is 14.2 Å². The summed E-state index contributed by atoms with van der Waals surface area (Å²) >= 11 is 0. The van der Waals surface area contributed by atoms with Crippen LogP contribution in [-0.2, 0) is 19.7 Å². The summed E-state index contributed by atoms with van der Waals surface area (Å²) in [5.41, 5.74) is 3.67. The molecule has 5 nitrogen and oxygen atoms in total. The third kappa shape index (κ3) is 5.81. The first-order chi connectivity index (χ1) is 14.6. The van der Waals surface area contributed by atoms with Crippen LogP contribution in [0.25, 0.3) is 0 Å². The number of benzene rings is 3. The van der Waals surface area contributed by atoms with E-state index < -0.39 is 0 Å². The summed E-state index contributed by atoms with van der Waals surface area (Å²) in [6.45, 7) is 1.67. The molecule has 0 aliphatic heterocycles. The largest absolute Gasteiger partial charge is 0.493 e. The third-order valence-corrected chi connectivity index (χ3v) is 4.64. The van der Waals surface area contributed by atoms with Gasteiger partial charge in [-0.05, 0) is 53.1 Å². The molecule has 6 heteroatoms. The molecule has 156 valence electrons. The Morgan fingerprint density at radius 2 is 1.50 bits per heavy atom. The Balaban J connectivity index is 1.54. The highest BCUT2D eigenvalue weighted by atomic mass is 19.1. The van der Waals surface area contributed by atoms with E-state index >= 15 is 0 Å². The summed E-state index contributed by atoms with van der Waals surface area (Å²) in [6, 6.07) is 19.5. The van der Waals surface area contributed by atoms with Crippen molar-refractivity contribution in [1.29, 1.82) is 0 Å². The maximum atomic E-state index is 13.0. The van der Waals surface area contributed by atoms with Crippen molar-refractivity contribution in [3.05, 3.63) is 94.8 Å². The van der Waals surface area contributed by atoms with E-state index in [0.717, 1.165) is 16.7 Å². The van der Waals surface area contributed by atoms with Crippen LogP contribution in [0.2, 0.25) is 0 Å². The summed E-state index contributed by atoms with van der Waals surface area (Å²) < 4.78 is 24.3. The average molecular weight is 408 g/mol. The topological polar surface area (TPSA) is 59.6 Å². The molecule has 2 N–H and O–H groups in total. The Kier molecular flexibility index (Phi) is 7.40. The van der Waals surface area contributed by atoms with E-state index in [-0.39, 0.29) is 11.7 Å². The predicted molar refractivity (Wildman–Crippen MR) is 114 cm³/mol. The van der Waals surface area contributed by atoms with Gasteiger partial charge in [-0.2, -0.15) is 0 Å². The minimum Gasteiger partial charge on any atom is -0.493 e. The van der Waals surface area contributed by atoms with Gasteiger partial charge in [0.15, 0.2) is 11.5 Å². The van der Waals surface area contributed by atoms with Crippen molar-refractivity contribution in [1.82, 2.24) is 10.6 Å². The van der Waals surface area contributed by atoms with Crippen LogP contribution in [0.15, 0.2) is 66.7 Å². The van der Waals surface area contributed by atoms with Crippen LogP contribution in [0, 0.1) is 5.82 Å². The Hall–Kier alpha value is -3.38. The van der Waals surface area contributed by atoms with Crippen LogP contribution in [0.5, 0.6) is 11.5 Å². The van der Waals surface area contributed by atoms with Gasteiger partial charge in [-0.3, -0.25) is 4.79 Å². The first kappa shape index (κ1) is 21.3. The molecule has 30 heavy (non-hydrogen) atoms. The van der Waals surface area contributed by atoms with Gasteiger partial charge in [-0.25, -0.2) is 4.39 Å². The van der Waals surface area contributed by atoms with E-state index in [9.17, 15) is 9.18 Å². The lowest BCUT2D eigenvalue weighted by molar-refractivity contribution is 0.0963. The molecule has 3 aromatic carbocycles. The van der Waals surface area contributed by atoms with Gasteiger partial charge < -0.3 is 20.1 Å². The van der Waals surface area contributed by atoms with Crippen LogP contribution >= 0.6 is 0 Å². The molecule has 0 unspecified atom stereocenters. The van der Waals surface area contributed by atoms with Gasteiger partial charge >= 0.3 is 0 Å². The summed E-state index contributed by atoms with van der Waals surface area (Å²) in [5, 5.41) is 5.99. The summed E-state index contributed by atoms with van der Waals surface area (Å²) in [5.74, 6) is 0.917. The number of nitrogens with one attached hydrogen (secondary N) is 2. The summed E-state index contributed by atoms with van der Waals surface area (Å²) in [4.78, 5) is 11.6. The van der Waals surface area contributed by atoms with Crippen molar-refractivity contribution >= 4 is 5.91 Å². The van der Waals surface area contributed by atoms with Gasteiger partial charge in [-0.15, -0.1) is 0 Å². The number of hydrogen-bond donors (Lipinski definition) is 2. The zero-order valence-electron chi connectivity index (χ0n) is 17.1. The van der Waals surface area contributed by atoms with Gasteiger partial charge in [0.05, 0.1) is 7.11 Å². The van der Waals surface area contributed by atoms with Crippen molar-refractivity contribution < 1.29 is 18.7 Å². The highest BCUT2D eigenvalue weighted by molar-refractivity contribution is 5.93. The molecule has 0 saturated heterocycles. The van der Waals surface area contributed by atoms with Crippen molar-refractivity contribution in [3.8, 4) is 11.5 Å². The highest BCUT2D eigenvalue weighted by Crippen LogP contribution is 2.29. The molecule has 0 bridgehead atoms. The zero-order chi connectivity index (χ0) is 21.3. The molecule has 0 atom stereocenters. The number of rotatable bonds is 9. The standard InChI is InChI=1S/C24H25FN2O3/c1-26-24(28)20-8-3-17(4-9-20)14-27-15-19-7-12-22(23(13-19)29-2)30-16-18-5-10-21(25)11-6-18/h3-13,27H,14-16H2,1-2H3,(H,26,28). The molecular weight excluding hydrogens is 383 g/mol. The van der Waals surface area contributed by atoms with Crippen molar-refractivity contribution in [3.63, 3.8) is 0 Å². The highest BCUT2D eigenvalue weighted by Gasteiger charge is 2.07. The second-order valence-electron chi connectivity index (χ2n) is 6.78. The first-order valence-corrected chi connectivity index (χ1v) is 9.65. The minimum atomic E-state index is -0.268. The van der Waals surface area contributed by atoms with Crippen LogP contribution in [0.4, 0.5) is 4.39 Å². The molecule has 0 aromatic heterocycles. The number of carbonyl (C=O) groups is 1. The Bertz CT molecular complexity index is 973. The van der Waals surface area contributed by atoms with Crippen molar-refractivity contribution in [2.45, 2.75) is 19.7 Å². The van der Waals surface area contributed by atoms with Gasteiger partial charge in [0.25, 0.3) is 5.91 Å². The van der Waals surface area contributed by atoms with E-state index in [2.05, 4.69) is 10.6 Å². The maximum absolute atomic E-state index is 13.0. The van der Waals surface area contributed by atoms with Crippen molar-refractivity contribution in [2.24, 2.45) is 0 Å². The van der Waals surface area contributed by atoms with E-state index in [0.29, 0.717) is 36.8 Å². The number of carbonyl (C=O) groups excluding carboxylic acids is 1. The quantitative estimate of drug-likeness (QED) is 0.561. The number of hydrogen-bond acceptors (Lipinski definition) is 4. The van der Waals surface area contributed by atoms with Crippen LogP contribution in [0.1, 0.15) is 27.0 Å². The Labute approximate surface area is 175 Å². The summed E-state index contributed by atoms with van der Waals surface area (Å²) in [7, 11) is 3.22. The van der Waals surface area contributed by atoms with Gasteiger partial charge in [0.2, 0.25) is 0 Å². The monoisotopic (exact) mass is 408 g/mol. The fourth-order valence-corrected chi connectivity index (χ4v) is 2.95. The van der Waals surface area contributed by atoms with Gasteiger partial charge in [0, 0.05) is 25.7 Å². The van der Waals surface area contributed by atoms with E-state index in [1.54, 1.807) is 26.3 Å². The minimum absolute atomic E-state index is 0.0941. The molecule has 0 heterocycles. The molecule has 0 fully saturated rings. The van der Waals surface area contributed by atoms with Crippen LogP contribution in [-0.4, -0.2) is 20.1 Å². The van der Waals surface area contributed by atoms with Gasteiger partial charge in [0.1, 0.15) is 12.4 Å². The molecule has 0 saturated carbocycles. The predicted octanol–water partition coefficient (Wildman–Crippen LogP) is 4.06. The average Bonchev–Trinajstić information content (AvgIpc) is 2.79. The van der Waals surface area contributed by atoms with E-state index in [1.807, 2.05) is 42.5 Å². The Morgan fingerprint density at radius 3 is 2.17 bits per heavy atom. The molecule has 3 aromatic rings. The Morgan fingerprint density at radius 1 is 0.867 bits per heavy atom. The van der Waals surface area contributed by atoms with Crippen LogP contribution < -0.4 is 20.1 Å². The number of methoxy groups -OCH3 is 1. The smallest absolute Gasteiger partial charge is 0.251 e. The molecule has 3 rings (SSSR count). The van der Waals surface area contributed by atoms with E-state index in [1.165, 1.54) is 12.1 Å². The fourth-order valence-electron chi connectivity index (χ4n) is 2.95. The molecule has 1 amide bonds. The fraction of sp³-hybridized carbons (Fsp3) is 0.208. The number of ether oxygens (including phenoxy) is 2. The zero-order valence-corrected chi connectivity index (χ0v) is 17.1. The molecular formula is C24H25FN2O3. The molecule has 0 aliphatic rings.